The molecule has 5 heteroatoms. The summed E-state index contributed by atoms with van der Waals surface area (Å²) in [5.41, 5.74) is 1.11. The fraction of sp³-hybridized carbons (Fsp3) is 0.188. The van der Waals surface area contributed by atoms with Gasteiger partial charge in [0, 0.05) is 10.9 Å². The number of aromatic amines is 1. The van der Waals surface area contributed by atoms with E-state index in [1.807, 2.05) is 31.2 Å². The second-order valence-electron chi connectivity index (χ2n) is 4.67. The fourth-order valence-corrected chi connectivity index (χ4v) is 3.13. The summed E-state index contributed by atoms with van der Waals surface area (Å²) in [6.45, 7) is 2.04. The third-order valence-corrected chi connectivity index (χ3v) is 4.28. The predicted molar refractivity (Wildman–Crippen MR) is 82.6 cm³/mol. The summed E-state index contributed by atoms with van der Waals surface area (Å²) in [6, 6.07) is 13.7. The molecule has 2 aromatic heterocycles. The van der Waals surface area contributed by atoms with Gasteiger partial charge in [-0.1, -0.05) is 30.0 Å². The number of fused-ring (bicyclic) bond motifs is 1. The minimum atomic E-state index is -0.455. The van der Waals surface area contributed by atoms with Gasteiger partial charge in [-0.15, -0.1) is 0 Å². The molecular formula is C16H15NO3S. The molecule has 0 aliphatic rings. The monoisotopic (exact) mass is 301 g/mol. The number of furan rings is 1. The van der Waals surface area contributed by atoms with Crippen LogP contribution in [-0.4, -0.2) is 18.1 Å². The average molecular weight is 301 g/mol. The number of nitrogens with one attached hydrogen (secondary N) is 1. The van der Waals surface area contributed by atoms with Crippen molar-refractivity contribution in [2.45, 2.75) is 17.2 Å². The van der Waals surface area contributed by atoms with Crippen molar-refractivity contribution in [3.8, 4) is 0 Å². The number of rotatable bonds is 4. The molecule has 1 N–H and O–H groups in total. The lowest BCUT2D eigenvalue weighted by molar-refractivity contribution is 0.0563. The average Bonchev–Trinajstić information content (AvgIpc) is 3.12. The van der Waals surface area contributed by atoms with Gasteiger partial charge in [0.1, 0.15) is 5.76 Å². The zero-order valence-electron chi connectivity index (χ0n) is 11.8. The number of methoxy groups -OCH3 is 1. The molecule has 3 aromatic rings. The molecular weight excluding hydrogens is 286 g/mol. The van der Waals surface area contributed by atoms with Gasteiger partial charge in [0.15, 0.2) is 0 Å². The zero-order chi connectivity index (χ0) is 14.8. The van der Waals surface area contributed by atoms with Gasteiger partial charge < -0.3 is 14.1 Å². The molecule has 0 saturated carbocycles. The molecule has 1 aromatic carbocycles. The second-order valence-corrected chi connectivity index (χ2v) is 6.06. The summed E-state index contributed by atoms with van der Waals surface area (Å²) < 4.78 is 10.2. The summed E-state index contributed by atoms with van der Waals surface area (Å²) >= 11 is 1.65. The minimum Gasteiger partial charge on any atom is -0.463 e. The lowest BCUT2D eigenvalue weighted by Crippen LogP contribution is -1.98. The molecule has 0 saturated heterocycles. The first kappa shape index (κ1) is 13.8. The van der Waals surface area contributed by atoms with E-state index in [9.17, 15) is 4.79 Å². The number of H-pyrrole nitrogens is 1. The maximum absolute atomic E-state index is 11.4. The number of thioether (sulfide) groups is 1. The van der Waals surface area contributed by atoms with E-state index in [2.05, 4.69) is 21.9 Å². The molecule has 0 spiro atoms. The first-order chi connectivity index (χ1) is 10.2. The molecule has 1 atom stereocenters. The fourth-order valence-electron chi connectivity index (χ4n) is 2.14. The van der Waals surface area contributed by atoms with Gasteiger partial charge in [0.2, 0.25) is 5.76 Å². The van der Waals surface area contributed by atoms with Crippen LogP contribution in [-0.2, 0) is 4.74 Å². The number of ether oxygens (including phenoxy) is 1. The summed E-state index contributed by atoms with van der Waals surface area (Å²) in [4.78, 5) is 14.8. The molecule has 4 nitrogen and oxygen atoms in total. The van der Waals surface area contributed by atoms with Crippen LogP contribution < -0.4 is 0 Å². The second kappa shape index (κ2) is 5.69. The third kappa shape index (κ3) is 2.83. The van der Waals surface area contributed by atoms with Crippen LogP contribution in [0.2, 0.25) is 0 Å². The Hall–Kier alpha value is -2.14. The molecule has 1 unspecified atom stereocenters. The van der Waals surface area contributed by atoms with Gasteiger partial charge in [-0.05, 0) is 31.2 Å². The molecule has 108 valence electrons. The number of aromatic nitrogens is 1. The number of carbonyl (C=O) groups excluding carboxylic acids is 1. The molecule has 21 heavy (non-hydrogen) atoms. The van der Waals surface area contributed by atoms with Gasteiger partial charge in [0.25, 0.3) is 0 Å². The van der Waals surface area contributed by atoms with Crippen molar-refractivity contribution in [2.75, 3.05) is 7.11 Å². The molecule has 3 rings (SSSR count). The van der Waals surface area contributed by atoms with Crippen molar-refractivity contribution >= 4 is 28.6 Å². The highest BCUT2D eigenvalue weighted by molar-refractivity contribution is 7.99. The standard InChI is InChI=1S/C16H15NO3S/c1-10(13-7-8-14(20-13)16(18)19-2)21-15-9-11-5-3-4-6-12(11)17-15/h3-10,17H,1-2H3. The van der Waals surface area contributed by atoms with Gasteiger partial charge in [-0.3, -0.25) is 0 Å². The number of hydrogen-bond donors (Lipinski definition) is 1. The maximum Gasteiger partial charge on any atom is 0.373 e. The zero-order valence-corrected chi connectivity index (χ0v) is 12.6. The smallest absolute Gasteiger partial charge is 0.373 e. The van der Waals surface area contributed by atoms with E-state index in [4.69, 9.17) is 4.42 Å². The van der Waals surface area contributed by atoms with E-state index in [-0.39, 0.29) is 11.0 Å². The van der Waals surface area contributed by atoms with Crippen LogP contribution in [0.15, 0.2) is 51.9 Å². The third-order valence-electron chi connectivity index (χ3n) is 3.22. The summed E-state index contributed by atoms with van der Waals surface area (Å²) in [5.74, 6) is 0.528. The predicted octanol–water partition coefficient (Wildman–Crippen LogP) is 4.40. The number of para-hydroxylation sites is 1. The van der Waals surface area contributed by atoms with Crippen molar-refractivity contribution in [2.24, 2.45) is 0 Å². The quantitative estimate of drug-likeness (QED) is 0.573. The Morgan fingerprint density at radius 1 is 1.29 bits per heavy atom. The molecule has 0 aliphatic heterocycles. The SMILES string of the molecule is COC(=O)c1ccc(C(C)Sc2cc3ccccc3[nH]2)o1. The lowest BCUT2D eigenvalue weighted by atomic mass is 10.3. The minimum absolute atomic E-state index is 0.0940. The molecule has 2 heterocycles. The number of carbonyl (C=O) groups is 1. The van der Waals surface area contributed by atoms with Crippen molar-refractivity contribution in [1.82, 2.24) is 4.98 Å². The van der Waals surface area contributed by atoms with Crippen molar-refractivity contribution < 1.29 is 13.9 Å². The van der Waals surface area contributed by atoms with Crippen molar-refractivity contribution in [3.63, 3.8) is 0 Å². The van der Waals surface area contributed by atoms with Crippen LogP contribution in [0.3, 0.4) is 0 Å². The molecule has 0 aliphatic carbocycles. The van der Waals surface area contributed by atoms with Gasteiger partial charge >= 0.3 is 5.97 Å². The van der Waals surface area contributed by atoms with Crippen LogP contribution in [0.5, 0.6) is 0 Å². The van der Waals surface area contributed by atoms with Gasteiger partial charge in [0.05, 0.1) is 17.4 Å². The normalized spacial score (nSPS) is 12.5. The molecule has 0 fully saturated rings. The molecule has 0 amide bonds. The van der Waals surface area contributed by atoms with Crippen LogP contribution in [0, 0.1) is 0 Å². The largest absolute Gasteiger partial charge is 0.463 e. The van der Waals surface area contributed by atoms with Gasteiger partial charge in [-0.2, -0.15) is 0 Å². The summed E-state index contributed by atoms with van der Waals surface area (Å²) in [6.07, 6.45) is 0. The Morgan fingerprint density at radius 2 is 2.10 bits per heavy atom. The first-order valence-electron chi connectivity index (χ1n) is 6.60. The van der Waals surface area contributed by atoms with Crippen LogP contribution in [0.1, 0.15) is 28.5 Å². The van der Waals surface area contributed by atoms with Gasteiger partial charge in [-0.25, -0.2) is 4.79 Å². The van der Waals surface area contributed by atoms with E-state index in [0.29, 0.717) is 0 Å². The van der Waals surface area contributed by atoms with Crippen molar-refractivity contribution in [3.05, 3.63) is 54.0 Å². The number of hydrogen-bond acceptors (Lipinski definition) is 4. The Morgan fingerprint density at radius 3 is 2.86 bits per heavy atom. The highest BCUT2D eigenvalue weighted by Gasteiger charge is 2.17. The Kier molecular flexibility index (Phi) is 3.75. The van der Waals surface area contributed by atoms with Crippen LogP contribution >= 0.6 is 11.8 Å². The van der Waals surface area contributed by atoms with E-state index in [1.165, 1.54) is 12.5 Å². The Bertz CT molecular complexity index is 742. The lowest BCUT2D eigenvalue weighted by Gasteiger charge is -2.06. The van der Waals surface area contributed by atoms with Crippen LogP contribution in [0.25, 0.3) is 10.9 Å². The number of esters is 1. The Labute approximate surface area is 126 Å². The Balaban J connectivity index is 1.77. The van der Waals surface area contributed by atoms with E-state index < -0.39 is 5.97 Å². The van der Waals surface area contributed by atoms with E-state index in [1.54, 1.807) is 17.8 Å². The first-order valence-corrected chi connectivity index (χ1v) is 7.48. The number of benzene rings is 1. The summed E-state index contributed by atoms with van der Waals surface area (Å²) in [7, 11) is 1.34. The highest BCUT2D eigenvalue weighted by atomic mass is 32.2. The molecule has 0 bridgehead atoms. The molecule has 0 radical (unpaired) electrons. The highest BCUT2D eigenvalue weighted by Crippen LogP contribution is 2.36. The van der Waals surface area contributed by atoms with Crippen molar-refractivity contribution in [1.29, 1.82) is 0 Å². The van der Waals surface area contributed by atoms with E-state index >= 15 is 0 Å². The van der Waals surface area contributed by atoms with E-state index in [0.717, 1.165) is 16.3 Å². The summed E-state index contributed by atoms with van der Waals surface area (Å²) in [5, 5.41) is 2.35. The topological polar surface area (TPSA) is 55.2 Å². The van der Waals surface area contributed by atoms with Crippen LogP contribution in [0.4, 0.5) is 0 Å². The maximum atomic E-state index is 11.4.